The number of esters is 1. The fourth-order valence-corrected chi connectivity index (χ4v) is 3.39. The van der Waals surface area contributed by atoms with E-state index >= 15 is 0 Å². The molecular formula is C25H19NO3. The molecule has 0 spiro atoms. The molecule has 4 nitrogen and oxygen atoms in total. The molecule has 0 aliphatic rings. The van der Waals surface area contributed by atoms with Crippen LogP contribution in [-0.4, -0.2) is 23.3 Å². The minimum atomic E-state index is -0.552. The molecule has 4 aromatic rings. The summed E-state index contributed by atoms with van der Waals surface area (Å²) in [6.45, 7) is 1.95. The number of aromatic nitrogens is 1. The quantitative estimate of drug-likeness (QED) is 0.347. The molecule has 0 bridgehead atoms. The van der Waals surface area contributed by atoms with Crippen LogP contribution in [0.1, 0.15) is 33.2 Å². The van der Waals surface area contributed by atoms with Gasteiger partial charge in [-0.1, -0.05) is 78.9 Å². The first-order valence-electron chi connectivity index (χ1n) is 9.45. The Morgan fingerprint density at radius 3 is 2.10 bits per heavy atom. The maximum absolute atomic E-state index is 13.5. The van der Waals surface area contributed by atoms with E-state index in [-0.39, 0.29) is 18.0 Å². The van der Waals surface area contributed by atoms with E-state index in [1.165, 1.54) is 0 Å². The predicted octanol–water partition coefficient (Wildman–Crippen LogP) is 5.31. The first kappa shape index (κ1) is 18.6. The van der Waals surface area contributed by atoms with Crippen LogP contribution < -0.4 is 0 Å². The van der Waals surface area contributed by atoms with Crippen LogP contribution in [0.3, 0.4) is 0 Å². The van der Waals surface area contributed by atoms with Crippen LogP contribution in [0.25, 0.3) is 22.2 Å². The van der Waals surface area contributed by atoms with Gasteiger partial charge in [-0.05, 0) is 13.0 Å². The summed E-state index contributed by atoms with van der Waals surface area (Å²) in [6, 6.07) is 25.7. The maximum Gasteiger partial charge on any atom is 0.341 e. The Kier molecular flexibility index (Phi) is 5.16. The van der Waals surface area contributed by atoms with Crippen LogP contribution in [0.15, 0.2) is 84.9 Å². The highest BCUT2D eigenvalue weighted by atomic mass is 16.5. The number of pyridine rings is 1. The zero-order chi connectivity index (χ0) is 20.2. The summed E-state index contributed by atoms with van der Waals surface area (Å²) in [4.78, 5) is 31.3. The fourth-order valence-electron chi connectivity index (χ4n) is 3.39. The topological polar surface area (TPSA) is 56.3 Å². The molecule has 0 saturated carbocycles. The summed E-state index contributed by atoms with van der Waals surface area (Å²) in [6.07, 6.45) is 0. The van der Waals surface area contributed by atoms with Crippen LogP contribution in [-0.2, 0) is 4.74 Å². The van der Waals surface area contributed by atoms with Gasteiger partial charge in [0, 0.05) is 22.1 Å². The van der Waals surface area contributed by atoms with Gasteiger partial charge < -0.3 is 4.74 Å². The molecule has 0 fully saturated rings. The molecule has 0 saturated heterocycles. The van der Waals surface area contributed by atoms with Crippen molar-refractivity contribution in [1.82, 2.24) is 4.98 Å². The Balaban J connectivity index is 2.09. The van der Waals surface area contributed by atoms with E-state index in [0.29, 0.717) is 27.7 Å². The number of ketones is 1. The van der Waals surface area contributed by atoms with Crippen LogP contribution in [0.2, 0.25) is 0 Å². The smallest absolute Gasteiger partial charge is 0.341 e. The number of rotatable bonds is 5. The minimum absolute atomic E-state index is 0.200. The zero-order valence-electron chi connectivity index (χ0n) is 16.0. The van der Waals surface area contributed by atoms with E-state index in [1.807, 2.05) is 60.7 Å². The minimum Gasteiger partial charge on any atom is -0.462 e. The lowest BCUT2D eigenvalue weighted by Crippen LogP contribution is -2.16. The molecule has 0 aliphatic carbocycles. The Labute approximate surface area is 168 Å². The van der Waals surface area contributed by atoms with Gasteiger partial charge in [0.05, 0.1) is 23.4 Å². The number of hydrogen-bond donors (Lipinski definition) is 0. The first-order valence-corrected chi connectivity index (χ1v) is 9.45. The number of carbonyl (C=O) groups is 2. The van der Waals surface area contributed by atoms with Crippen molar-refractivity contribution in [3.8, 4) is 11.3 Å². The monoisotopic (exact) mass is 381 g/mol. The van der Waals surface area contributed by atoms with E-state index < -0.39 is 5.97 Å². The van der Waals surface area contributed by atoms with Gasteiger partial charge in [0.1, 0.15) is 0 Å². The average Bonchev–Trinajstić information content (AvgIpc) is 2.78. The van der Waals surface area contributed by atoms with E-state index in [9.17, 15) is 9.59 Å². The molecule has 1 aromatic heterocycles. The molecule has 0 aliphatic heterocycles. The normalized spacial score (nSPS) is 10.7. The Morgan fingerprint density at radius 1 is 0.793 bits per heavy atom. The van der Waals surface area contributed by atoms with Gasteiger partial charge in [0.2, 0.25) is 0 Å². The highest BCUT2D eigenvalue weighted by Gasteiger charge is 2.27. The number of para-hydroxylation sites is 1. The Hall–Kier alpha value is -3.79. The van der Waals surface area contributed by atoms with Crippen molar-refractivity contribution in [2.45, 2.75) is 6.92 Å². The molecule has 0 amide bonds. The van der Waals surface area contributed by atoms with Gasteiger partial charge in [-0.3, -0.25) is 4.79 Å². The Morgan fingerprint density at radius 2 is 1.41 bits per heavy atom. The predicted molar refractivity (Wildman–Crippen MR) is 113 cm³/mol. The lowest BCUT2D eigenvalue weighted by molar-refractivity contribution is 0.0524. The van der Waals surface area contributed by atoms with E-state index in [2.05, 4.69) is 0 Å². The molecule has 0 radical (unpaired) electrons. The summed E-state index contributed by atoms with van der Waals surface area (Å²) in [5, 5.41) is 0.629. The van der Waals surface area contributed by atoms with Crippen molar-refractivity contribution in [3.63, 3.8) is 0 Å². The van der Waals surface area contributed by atoms with Gasteiger partial charge in [-0.2, -0.15) is 0 Å². The van der Waals surface area contributed by atoms with Crippen LogP contribution >= 0.6 is 0 Å². The van der Waals surface area contributed by atoms with Crippen molar-refractivity contribution in [2.75, 3.05) is 6.61 Å². The molecule has 0 N–H and O–H groups in total. The Bertz CT molecular complexity index is 1180. The second-order valence-corrected chi connectivity index (χ2v) is 6.51. The number of nitrogens with zero attached hydrogens (tertiary/aromatic N) is 1. The third kappa shape index (κ3) is 3.52. The van der Waals surface area contributed by atoms with Gasteiger partial charge in [0.15, 0.2) is 5.78 Å². The van der Waals surface area contributed by atoms with E-state index in [1.54, 1.807) is 31.2 Å². The highest BCUT2D eigenvalue weighted by Crippen LogP contribution is 2.32. The lowest BCUT2D eigenvalue weighted by atomic mass is 9.91. The highest BCUT2D eigenvalue weighted by molar-refractivity contribution is 6.22. The number of benzene rings is 3. The molecular weight excluding hydrogens is 362 g/mol. The number of ether oxygens (including phenoxy) is 1. The molecule has 0 unspecified atom stereocenters. The van der Waals surface area contributed by atoms with Crippen LogP contribution in [0.4, 0.5) is 0 Å². The molecule has 142 valence electrons. The number of carbonyl (C=O) groups excluding carboxylic acids is 2. The molecule has 29 heavy (non-hydrogen) atoms. The lowest BCUT2D eigenvalue weighted by Gasteiger charge is -2.16. The maximum atomic E-state index is 13.5. The van der Waals surface area contributed by atoms with Crippen molar-refractivity contribution >= 4 is 22.7 Å². The largest absolute Gasteiger partial charge is 0.462 e. The molecule has 1 heterocycles. The molecule has 4 heteroatoms. The van der Waals surface area contributed by atoms with Crippen molar-refractivity contribution in [2.24, 2.45) is 0 Å². The first-order chi connectivity index (χ1) is 14.2. The van der Waals surface area contributed by atoms with Gasteiger partial charge in [0.25, 0.3) is 0 Å². The summed E-state index contributed by atoms with van der Waals surface area (Å²) >= 11 is 0. The van der Waals surface area contributed by atoms with Crippen LogP contribution in [0.5, 0.6) is 0 Å². The average molecular weight is 381 g/mol. The summed E-state index contributed by atoms with van der Waals surface area (Å²) in [7, 11) is 0. The molecule has 3 aromatic carbocycles. The standard InChI is InChI=1S/C25H19NO3/c1-2-29-25(28)22-21(24(27)18-13-7-4-8-14-18)19-15-9-10-16-20(19)26-23(22)17-11-5-3-6-12-17/h3-16H,2H2,1H3. The number of hydrogen-bond acceptors (Lipinski definition) is 4. The van der Waals surface area contributed by atoms with Gasteiger partial charge in [-0.15, -0.1) is 0 Å². The van der Waals surface area contributed by atoms with E-state index in [4.69, 9.17) is 9.72 Å². The van der Waals surface area contributed by atoms with E-state index in [0.717, 1.165) is 5.56 Å². The summed E-state index contributed by atoms with van der Waals surface area (Å²) < 4.78 is 5.33. The third-order valence-electron chi connectivity index (χ3n) is 4.68. The molecule has 0 atom stereocenters. The van der Waals surface area contributed by atoms with Gasteiger partial charge >= 0.3 is 5.97 Å². The van der Waals surface area contributed by atoms with Crippen molar-refractivity contribution < 1.29 is 14.3 Å². The third-order valence-corrected chi connectivity index (χ3v) is 4.68. The fraction of sp³-hybridized carbons (Fsp3) is 0.0800. The van der Waals surface area contributed by atoms with Crippen molar-refractivity contribution in [3.05, 3.63) is 102 Å². The molecule has 4 rings (SSSR count). The van der Waals surface area contributed by atoms with Gasteiger partial charge in [-0.25, -0.2) is 9.78 Å². The second-order valence-electron chi connectivity index (χ2n) is 6.51. The van der Waals surface area contributed by atoms with Crippen LogP contribution in [0, 0.1) is 0 Å². The zero-order valence-corrected chi connectivity index (χ0v) is 16.0. The summed E-state index contributed by atoms with van der Waals surface area (Å²) in [5.74, 6) is -0.784. The summed E-state index contributed by atoms with van der Waals surface area (Å²) in [5.41, 5.74) is 2.88. The second kappa shape index (κ2) is 8.07. The number of fused-ring (bicyclic) bond motifs is 1. The SMILES string of the molecule is CCOC(=O)c1c(-c2ccccc2)nc2ccccc2c1C(=O)c1ccccc1. The van der Waals surface area contributed by atoms with Crippen molar-refractivity contribution in [1.29, 1.82) is 0 Å².